The van der Waals surface area contributed by atoms with Gasteiger partial charge in [-0.15, -0.1) is 0 Å². The number of ether oxygens (including phenoxy) is 2. The van der Waals surface area contributed by atoms with Gasteiger partial charge in [0.25, 0.3) is 0 Å². The number of aliphatic hydroxyl groups excluding tert-OH is 2. The van der Waals surface area contributed by atoms with Crippen LogP contribution in [0, 0.1) is 0 Å². The first-order valence-corrected chi connectivity index (χ1v) is 19.3. The lowest BCUT2D eigenvalue weighted by Gasteiger charge is -2.25. The molecule has 14 nitrogen and oxygen atoms in total. The quantitative estimate of drug-likeness (QED) is 0.0467. The fraction of sp³-hybridized carbons (Fsp3) is 1.00. The van der Waals surface area contributed by atoms with Gasteiger partial charge in [-0.1, -0.05) is 6.42 Å². The Labute approximate surface area is 262 Å². The maximum absolute atomic E-state index is 10.4. The monoisotopic (exact) mass is 660 g/mol. The maximum atomic E-state index is 10.4. The molecule has 6 N–H and O–H groups in total. The van der Waals surface area contributed by atoms with Gasteiger partial charge in [0.2, 0.25) is 0 Å². The lowest BCUT2D eigenvalue weighted by molar-refractivity contribution is 0.0162. The average Bonchev–Trinajstić information content (AvgIpc) is 3.02. The maximum Gasteiger partial charge on any atom is 0.500 e. The van der Waals surface area contributed by atoms with E-state index in [1.54, 1.807) is 42.7 Å². The smallest absolute Gasteiger partial charge is 0.389 e. The summed E-state index contributed by atoms with van der Waals surface area (Å²) in [6, 6.07) is 1.34. The van der Waals surface area contributed by atoms with Gasteiger partial charge in [-0.3, -0.25) is 4.90 Å². The van der Waals surface area contributed by atoms with Crippen molar-refractivity contribution in [1.82, 2.24) is 15.5 Å². The van der Waals surface area contributed by atoms with E-state index in [9.17, 15) is 10.2 Å². The number of hydrogen-bond acceptors (Lipinski definition) is 14. The van der Waals surface area contributed by atoms with E-state index in [0.717, 1.165) is 64.8 Å². The molecular formula is C27H64N4O10Si2. The van der Waals surface area contributed by atoms with Crippen LogP contribution in [-0.2, 0) is 36.0 Å². The first-order chi connectivity index (χ1) is 20.8. The van der Waals surface area contributed by atoms with Crippen molar-refractivity contribution in [2.24, 2.45) is 5.73 Å². The molecular weight excluding hydrogens is 596 g/mol. The Morgan fingerprint density at radius 1 is 0.628 bits per heavy atom. The second-order valence-corrected chi connectivity index (χ2v) is 16.5. The Kier molecular flexibility index (Phi) is 28.0. The summed E-state index contributed by atoms with van der Waals surface area (Å²) in [5.74, 6) is 0. The van der Waals surface area contributed by atoms with Crippen LogP contribution in [0.5, 0.6) is 0 Å². The number of unbranched alkanes of at least 4 members (excludes halogenated alkanes) is 2. The molecule has 0 saturated heterocycles. The number of nitrogens with one attached hydrogen (secondary N) is 2. The van der Waals surface area contributed by atoms with Crippen LogP contribution in [0.25, 0.3) is 0 Å². The van der Waals surface area contributed by atoms with Crippen LogP contribution >= 0.6 is 0 Å². The van der Waals surface area contributed by atoms with Crippen LogP contribution in [-0.4, -0.2) is 166 Å². The lowest BCUT2D eigenvalue weighted by atomic mass is 10.2. The number of nitrogens with zero attached hydrogens (tertiary/aromatic N) is 1. The molecule has 0 aliphatic carbocycles. The summed E-state index contributed by atoms with van der Waals surface area (Å²) in [4.78, 5) is 2.16. The van der Waals surface area contributed by atoms with Crippen LogP contribution < -0.4 is 16.4 Å². The SMILES string of the molecule is CO[Si](CCCOCC(O)CNCCCCCNCCN(CCN)CC(O)COCCC[Si](OC)(OC)OC)(OC)OC. The van der Waals surface area contributed by atoms with Crippen molar-refractivity contribution in [3.8, 4) is 0 Å². The summed E-state index contributed by atoms with van der Waals surface area (Å²) in [6.07, 6.45) is 3.60. The highest BCUT2D eigenvalue weighted by Crippen LogP contribution is 2.15. The molecule has 0 amide bonds. The zero-order valence-electron chi connectivity index (χ0n) is 27.8. The van der Waals surface area contributed by atoms with Gasteiger partial charge in [-0.2, -0.15) is 0 Å². The third-order valence-corrected chi connectivity index (χ3v) is 12.8. The summed E-state index contributed by atoms with van der Waals surface area (Å²) >= 11 is 0. The molecule has 0 saturated carbocycles. The van der Waals surface area contributed by atoms with Gasteiger partial charge in [0.15, 0.2) is 0 Å². The predicted octanol–water partition coefficient (Wildman–Crippen LogP) is -0.112. The molecule has 0 aromatic carbocycles. The van der Waals surface area contributed by atoms with E-state index in [1.165, 1.54) is 0 Å². The van der Waals surface area contributed by atoms with Gasteiger partial charge >= 0.3 is 17.6 Å². The van der Waals surface area contributed by atoms with Crippen LogP contribution in [0.2, 0.25) is 12.1 Å². The van der Waals surface area contributed by atoms with E-state index < -0.39 is 29.8 Å². The van der Waals surface area contributed by atoms with Crippen molar-refractivity contribution in [2.75, 3.05) is 121 Å². The molecule has 2 atom stereocenters. The molecule has 0 spiro atoms. The van der Waals surface area contributed by atoms with Crippen molar-refractivity contribution < 1.29 is 46.2 Å². The third-order valence-electron chi connectivity index (χ3n) is 7.14. The van der Waals surface area contributed by atoms with Gasteiger partial charge < -0.3 is 62.6 Å². The summed E-state index contributed by atoms with van der Waals surface area (Å²) in [7, 11) is 4.46. The van der Waals surface area contributed by atoms with Gasteiger partial charge in [0.1, 0.15) is 0 Å². The Bertz CT molecular complexity index is 598. The lowest BCUT2D eigenvalue weighted by Crippen LogP contribution is -2.43. The molecule has 0 aromatic heterocycles. The summed E-state index contributed by atoms with van der Waals surface area (Å²) < 4.78 is 43.6. The second kappa shape index (κ2) is 28.1. The minimum Gasteiger partial charge on any atom is -0.389 e. The van der Waals surface area contributed by atoms with E-state index in [0.29, 0.717) is 51.5 Å². The van der Waals surface area contributed by atoms with Crippen molar-refractivity contribution in [1.29, 1.82) is 0 Å². The minimum atomic E-state index is -2.58. The molecule has 2 unspecified atom stereocenters. The first-order valence-electron chi connectivity index (χ1n) is 15.5. The van der Waals surface area contributed by atoms with Gasteiger partial charge in [0.05, 0.1) is 25.4 Å². The Morgan fingerprint density at radius 2 is 1.12 bits per heavy atom. The molecule has 0 aromatic rings. The number of nitrogens with two attached hydrogens (primary N) is 1. The number of hydrogen-bond donors (Lipinski definition) is 5. The Hall–Kier alpha value is -0.126. The summed E-state index contributed by atoms with van der Waals surface area (Å²) in [5, 5.41) is 27.3. The van der Waals surface area contributed by atoms with Gasteiger partial charge in [-0.05, 0) is 38.8 Å². The van der Waals surface area contributed by atoms with Crippen molar-refractivity contribution in [3.05, 3.63) is 0 Å². The van der Waals surface area contributed by atoms with Crippen LogP contribution in [0.3, 0.4) is 0 Å². The molecule has 260 valence electrons. The summed E-state index contributed by atoms with van der Waals surface area (Å²) in [5.41, 5.74) is 5.77. The molecule has 0 fully saturated rings. The first kappa shape index (κ1) is 42.9. The molecule has 0 aliphatic rings. The van der Waals surface area contributed by atoms with Gasteiger partial charge in [-0.25, -0.2) is 0 Å². The third kappa shape index (κ3) is 21.3. The number of rotatable bonds is 33. The largest absolute Gasteiger partial charge is 0.500 e. The minimum absolute atomic E-state index is 0.272. The van der Waals surface area contributed by atoms with Crippen molar-refractivity contribution >= 4 is 17.6 Å². The van der Waals surface area contributed by atoms with E-state index in [-0.39, 0.29) is 6.61 Å². The summed E-state index contributed by atoms with van der Waals surface area (Å²) in [6.45, 7) is 7.34. The fourth-order valence-electron chi connectivity index (χ4n) is 4.53. The second-order valence-electron chi connectivity index (χ2n) is 10.4. The van der Waals surface area contributed by atoms with Crippen LogP contribution in [0.15, 0.2) is 0 Å². The van der Waals surface area contributed by atoms with E-state index >= 15 is 0 Å². The van der Waals surface area contributed by atoms with Crippen LogP contribution in [0.4, 0.5) is 0 Å². The van der Waals surface area contributed by atoms with E-state index in [2.05, 4.69) is 15.5 Å². The highest BCUT2D eigenvalue weighted by molar-refractivity contribution is 6.60. The van der Waals surface area contributed by atoms with E-state index in [4.69, 9.17) is 41.8 Å². The molecule has 0 rings (SSSR count). The normalized spacial score (nSPS) is 14.1. The molecule has 0 radical (unpaired) electrons. The molecule has 43 heavy (non-hydrogen) atoms. The standard InChI is InChI=1S/C27H64N4O10Si2/c1-34-42(35-2,36-3)20-10-18-40-24-26(32)22-30-14-9-7-8-13-29-15-17-31(16-12-28)23-27(33)25-41-19-11-21-43(37-4,38-5)39-6/h26-27,29-30,32-33H,7-25,28H2,1-6H3. The zero-order valence-corrected chi connectivity index (χ0v) is 29.8. The Morgan fingerprint density at radius 3 is 1.60 bits per heavy atom. The van der Waals surface area contributed by atoms with Gasteiger partial charge in [0, 0.05) is 107 Å². The van der Waals surface area contributed by atoms with Crippen LogP contribution in [0.1, 0.15) is 32.1 Å². The highest BCUT2D eigenvalue weighted by atomic mass is 28.4. The molecule has 0 bridgehead atoms. The molecule has 0 aliphatic heterocycles. The molecule has 0 heterocycles. The fourth-order valence-corrected chi connectivity index (χ4v) is 7.91. The molecule has 16 heteroatoms. The average molecular weight is 661 g/mol. The number of aliphatic hydroxyl groups is 2. The predicted molar refractivity (Wildman–Crippen MR) is 171 cm³/mol. The Balaban J connectivity index is 3.78. The van der Waals surface area contributed by atoms with Crippen molar-refractivity contribution in [2.45, 2.75) is 56.4 Å². The van der Waals surface area contributed by atoms with E-state index in [1.807, 2.05) is 0 Å². The van der Waals surface area contributed by atoms with Crippen molar-refractivity contribution in [3.63, 3.8) is 0 Å². The zero-order chi connectivity index (χ0) is 32.2. The highest BCUT2D eigenvalue weighted by Gasteiger charge is 2.37. The topological polar surface area (TPSA) is 168 Å².